The number of benzene rings is 1. The van der Waals surface area contributed by atoms with Crippen molar-refractivity contribution in [3.05, 3.63) is 23.8 Å². The predicted octanol–water partition coefficient (Wildman–Crippen LogP) is 3.04. The summed E-state index contributed by atoms with van der Waals surface area (Å²) in [5.41, 5.74) is 6.71. The highest BCUT2D eigenvalue weighted by atomic mass is 16.5. The summed E-state index contributed by atoms with van der Waals surface area (Å²) >= 11 is 0. The van der Waals surface area contributed by atoms with E-state index < -0.39 is 6.10 Å². The Hall–Kier alpha value is -1.26. The second kappa shape index (κ2) is 7.14. The van der Waals surface area contributed by atoms with Gasteiger partial charge in [0, 0.05) is 12.0 Å². The minimum absolute atomic E-state index is 0.212. The highest BCUT2D eigenvalue weighted by Crippen LogP contribution is 2.45. The molecule has 4 heteroatoms. The Bertz CT molecular complexity index is 453. The van der Waals surface area contributed by atoms with E-state index in [2.05, 4.69) is 0 Å². The highest BCUT2D eigenvalue weighted by molar-refractivity contribution is 5.43. The molecule has 0 aliphatic heterocycles. The minimum Gasteiger partial charge on any atom is -0.493 e. The van der Waals surface area contributed by atoms with E-state index in [1.54, 1.807) is 14.2 Å². The fourth-order valence-electron chi connectivity index (χ4n) is 3.40. The van der Waals surface area contributed by atoms with E-state index in [9.17, 15) is 5.11 Å². The summed E-state index contributed by atoms with van der Waals surface area (Å²) in [7, 11) is 3.22. The van der Waals surface area contributed by atoms with Crippen LogP contribution in [-0.2, 0) is 0 Å². The maximum absolute atomic E-state index is 10.9. The van der Waals surface area contributed by atoms with Gasteiger partial charge in [-0.1, -0.05) is 31.7 Å². The van der Waals surface area contributed by atoms with Crippen LogP contribution in [0, 0.1) is 5.41 Å². The SMILES string of the molecule is COc1ccc(C(O)C2(CN)CCCCCC2)cc1OC. The van der Waals surface area contributed by atoms with Crippen molar-refractivity contribution in [1.29, 1.82) is 0 Å². The molecular formula is C17H27NO3. The third kappa shape index (κ3) is 3.33. The summed E-state index contributed by atoms with van der Waals surface area (Å²) in [6.07, 6.45) is 6.17. The number of hydrogen-bond acceptors (Lipinski definition) is 4. The molecule has 1 saturated carbocycles. The zero-order chi connectivity index (χ0) is 15.3. The lowest BCUT2D eigenvalue weighted by Crippen LogP contribution is -2.36. The molecule has 1 fully saturated rings. The molecule has 2 rings (SSSR count). The van der Waals surface area contributed by atoms with E-state index in [-0.39, 0.29) is 5.41 Å². The van der Waals surface area contributed by atoms with Gasteiger partial charge in [-0.2, -0.15) is 0 Å². The van der Waals surface area contributed by atoms with Crippen molar-refractivity contribution in [3.8, 4) is 11.5 Å². The van der Waals surface area contributed by atoms with E-state index in [1.807, 2.05) is 18.2 Å². The van der Waals surface area contributed by atoms with E-state index in [4.69, 9.17) is 15.2 Å². The van der Waals surface area contributed by atoms with Crippen molar-refractivity contribution in [1.82, 2.24) is 0 Å². The number of aliphatic hydroxyl groups is 1. The second-order valence-corrected chi connectivity index (χ2v) is 6.00. The Morgan fingerprint density at radius 1 is 1.10 bits per heavy atom. The van der Waals surface area contributed by atoms with Crippen LogP contribution < -0.4 is 15.2 Å². The van der Waals surface area contributed by atoms with Crippen LogP contribution in [0.15, 0.2) is 18.2 Å². The van der Waals surface area contributed by atoms with E-state index >= 15 is 0 Å². The highest BCUT2D eigenvalue weighted by Gasteiger charge is 2.38. The van der Waals surface area contributed by atoms with Crippen molar-refractivity contribution < 1.29 is 14.6 Å². The quantitative estimate of drug-likeness (QED) is 0.819. The number of rotatable bonds is 5. The number of methoxy groups -OCH3 is 2. The smallest absolute Gasteiger partial charge is 0.161 e. The Kier molecular flexibility index (Phi) is 5.48. The standard InChI is InChI=1S/C17H27NO3/c1-20-14-8-7-13(11-15(14)21-2)16(19)17(12-18)9-5-3-4-6-10-17/h7-8,11,16,19H,3-6,9-10,12,18H2,1-2H3. The zero-order valence-electron chi connectivity index (χ0n) is 13.1. The van der Waals surface area contributed by atoms with Gasteiger partial charge < -0.3 is 20.3 Å². The van der Waals surface area contributed by atoms with E-state index in [1.165, 1.54) is 12.8 Å². The van der Waals surface area contributed by atoms with Crippen molar-refractivity contribution >= 4 is 0 Å². The second-order valence-electron chi connectivity index (χ2n) is 6.00. The number of aliphatic hydroxyl groups excluding tert-OH is 1. The van der Waals surface area contributed by atoms with Crippen molar-refractivity contribution in [2.24, 2.45) is 11.1 Å². The Labute approximate surface area is 127 Å². The van der Waals surface area contributed by atoms with Gasteiger partial charge in [0.25, 0.3) is 0 Å². The first-order valence-corrected chi connectivity index (χ1v) is 7.77. The van der Waals surface area contributed by atoms with Crippen molar-refractivity contribution in [3.63, 3.8) is 0 Å². The van der Waals surface area contributed by atoms with Crippen molar-refractivity contribution in [2.45, 2.75) is 44.6 Å². The Morgan fingerprint density at radius 2 is 1.71 bits per heavy atom. The zero-order valence-corrected chi connectivity index (χ0v) is 13.1. The molecule has 0 heterocycles. The Balaban J connectivity index is 2.30. The summed E-state index contributed by atoms with van der Waals surface area (Å²) < 4.78 is 10.6. The first-order chi connectivity index (χ1) is 10.2. The van der Waals surface area contributed by atoms with Crippen LogP contribution in [0.1, 0.15) is 50.2 Å². The summed E-state index contributed by atoms with van der Waals surface area (Å²) in [5, 5.41) is 10.9. The van der Waals surface area contributed by atoms with Crippen LogP contribution in [0.25, 0.3) is 0 Å². The third-order valence-corrected chi connectivity index (χ3v) is 4.81. The topological polar surface area (TPSA) is 64.7 Å². The first-order valence-electron chi connectivity index (χ1n) is 7.77. The van der Waals surface area contributed by atoms with Crippen LogP contribution in [0.5, 0.6) is 11.5 Å². The largest absolute Gasteiger partial charge is 0.493 e. The average molecular weight is 293 g/mol. The summed E-state index contributed by atoms with van der Waals surface area (Å²) in [6.45, 7) is 0.516. The first kappa shape index (κ1) is 16.1. The summed E-state index contributed by atoms with van der Waals surface area (Å²) in [5.74, 6) is 1.32. The number of ether oxygens (including phenoxy) is 2. The van der Waals surface area contributed by atoms with Crippen LogP contribution in [-0.4, -0.2) is 25.9 Å². The number of nitrogens with two attached hydrogens (primary N) is 1. The molecule has 1 aromatic rings. The molecule has 0 aromatic heterocycles. The fourth-order valence-corrected chi connectivity index (χ4v) is 3.40. The van der Waals surface area contributed by atoms with Gasteiger partial charge >= 0.3 is 0 Å². The molecule has 0 saturated heterocycles. The lowest BCUT2D eigenvalue weighted by Gasteiger charge is -2.37. The molecule has 1 atom stereocenters. The molecule has 1 aromatic carbocycles. The normalized spacial score (nSPS) is 19.6. The van der Waals surface area contributed by atoms with Crippen LogP contribution >= 0.6 is 0 Å². The molecular weight excluding hydrogens is 266 g/mol. The van der Waals surface area contributed by atoms with Gasteiger partial charge in [0.05, 0.1) is 20.3 Å². The van der Waals surface area contributed by atoms with Gasteiger partial charge in [-0.3, -0.25) is 0 Å². The van der Waals surface area contributed by atoms with Gasteiger partial charge in [0.15, 0.2) is 11.5 Å². The molecule has 0 spiro atoms. The van der Waals surface area contributed by atoms with Crippen LogP contribution in [0.3, 0.4) is 0 Å². The van der Waals surface area contributed by atoms with Gasteiger partial charge in [-0.05, 0) is 30.5 Å². The lowest BCUT2D eigenvalue weighted by molar-refractivity contribution is 0.0165. The minimum atomic E-state index is -0.555. The molecule has 0 bridgehead atoms. The molecule has 21 heavy (non-hydrogen) atoms. The van der Waals surface area contributed by atoms with Crippen LogP contribution in [0.4, 0.5) is 0 Å². The molecule has 1 aliphatic carbocycles. The third-order valence-electron chi connectivity index (χ3n) is 4.81. The number of hydrogen-bond donors (Lipinski definition) is 2. The van der Waals surface area contributed by atoms with E-state index in [0.717, 1.165) is 31.2 Å². The van der Waals surface area contributed by atoms with Gasteiger partial charge in [0.2, 0.25) is 0 Å². The van der Waals surface area contributed by atoms with Gasteiger partial charge in [0.1, 0.15) is 0 Å². The lowest BCUT2D eigenvalue weighted by atomic mass is 9.73. The van der Waals surface area contributed by atoms with E-state index in [0.29, 0.717) is 18.0 Å². The summed E-state index contributed by atoms with van der Waals surface area (Å²) in [6, 6.07) is 5.62. The van der Waals surface area contributed by atoms with Gasteiger partial charge in [-0.15, -0.1) is 0 Å². The van der Waals surface area contributed by atoms with Gasteiger partial charge in [-0.25, -0.2) is 0 Å². The maximum atomic E-state index is 10.9. The fraction of sp³-hybridized carbons (Fsp3) is 0.647. The van der Waals surface area contributed by atoms with Crippen molar-refractivity contribution in [2.75, 3.05) is 20.8 Å². The Morgan fingerprint density at radius 3 is 2.24 bits per heavy atom. The predicted molar refractivity (Wildman–Crippen MR) is 83.7 cm³/mol. The molecule has 1 aliphatic rings. The maximum Gasteiger partial charge on any atom is 0.161 e. The monoisotopic (exact) mass is 293 g/mol. The molecule has 118 valence electrons. The van der Waals surface area contributed by atoms with Crippen LogP contribution in [0.2, 0.25) is 0 Å². The molecule has 3 N–H and O–H groups in total. The molecule has 0 amide bonds. The summed E-state index contributed by atoms with van der Waals surface area (Å²) in [4.78, 5) is 0. The molecule has 4 nitrogen and oxygen atoms in total. The molecule has 1 unspecified atom stereocenters. The molecule has 0 radical (unpaired) electrons. The average Bonchev–Trinajstić information content (AvgIpc) is 2.79.